The smallest absolute Gasteiger partial charge is 0.266 e. The number of benzene rings is 3. The monoisotopic (exact) mass is 491 g/mol. The number of unbranched alkanes of at least 4 members (excludes halogenated alkanes) is 1. The van der Waals surface area contributed by atoms with Crippen LogP contribution in [-0.2, 0) is 4.79 Å². The van der Waals surface area contributed by atoms with Gasteiger partial charge in [0.15, 0.2) is 5.16 Å². The molecule has 0 fully saturated rings. The van der Waals surface area contributed by atoms with Crippen molar-refractivity contribution in [2.75, 3.05) is 5.75 Å². The van der Waals surface area contributed by atoms with Crippen LogP contribution in [0.3, 0.4) is 0 Å². The van der Waals surface area contributed by atoms with Gasteiger partial charge in [0.05, 0.1) is 22.6 Å². The lowest BCUT2D eigenvalue weighted by Crippen LogP contribution is -2.26. The molecule has 34 heavy (non-hydrogen) atoms. The zero-order chi connectivity index (χ0) is 23.9. The lowest BCUT2D eigenvalue weighted by atomic mass is 10.1. The number of nitrogens with one attached hydrogen (secondary N) is 1. The Labute approximate surface area is 208 Å². The molecule has 4 rings (SSSR count). The van der Waals surface area contributed by atoms with E-state index in [4.69, 9.17) is 16.6 Å². The average Bonchev–Trinajstić information content (AvgIpc) is 2.84. The molecule has 1 atom stereocenters. The van der Waals surface area contributed by atoms with Gasteiger partial charge in [0, 0.05) is 17.2 Å². The number of hydrogen-bond acceptors (Lipinski definition) is 4. The molecule has 1 N–H and O–H groups in total. The fourth-order valence-electron chi connectivity index (χ4n) is 3.74. The summed E-state index contributed by atoms with van der Waals surface area (Å²) in [5, 5.41) is 4.80. The van der Waals surface area contributed by atoms with Crippen LogP contribution in [0, 0.1) is 0 Å². The predicted molar refractivity (Wildman–Crippen MR) is 140 cm³/mol. The van der Waals surface area contributed by atoms with Gasteiger partial charge in [-0.15, -0.1) is 0 Å². The maximum absolute atomic E-state index is 13.3. The van der Waals surface area contributed by atoms with Gasteiger partial charge < -0.3 is 5.32 Å². The van der Waals surface area contributed by atoms with Crippen molar-refractivity contribution < 1.29 is 4.79 Å². The molecule has 0 aliphatic carbocycles. The average molecular weight is 492 g/mol. The van der Waals surface area contributed by atoms with E-state index in [0.717, 1.165) is 24.2 Å². The van der Waals surface area contributed by atoms with Gasteiger partial charge in [-0.05, 0) is 55.7 Å². The maximum Gasteiger partial charge on any atom is 0.266 e. The highest BCUT2D eigenvalue weighted by Gasteiger charge is 2.14. The van der Waals surface area contributed by atoms with Gasteiger partial charge in [-0.3, -0.25) is 14.2 Å². The van der Waals surface area contributed by atoms with E-state index in [1.807, 2.05) is 67.6 Å². The van der Waals surface area contributed by atoms with Crippen LogP contribution < -0.4 is 10.9 Å². The first kappa shape index (κ1) is 24.0. The molecular formula is C27H26ClN3O2S. The number of para-hydroxylation sites is 1. The van der Waals surface area contributed by atoms with Crippen LogP contribution in [0.25, 0.3) is 16.6 Å². The quantitative estimate of drug-likeness (QED) is 0.172. The normalized spacial score (nSPS) is 11.9. The number of halogens is 1. The molecule has 1 amide bonds. The summed E-state index contributed by atoms with van der Waals surface area (Å²) in [6.45, 7) is 1.99. The number of aromatic nitrogens is 2. The Kier molecular flexibility index (Phi) is 8.03. The molecule has 0 bridgehead atoms. The number of hydrogen-bond donors (Lipinski definition) is 1. The standard InChI is InChI=1S/C27H26ClN3O2S/c1-19(20-10-3-2-4-11-20)29-25(32)16-7-8-17-34-27-30-24-15-6-5-14-23(24)26(33)31(27)22-13-9-12-21(28)18-22/h2-6,9-15,18-19H,7-8,16-17H2,1H3,(H,29,32). The minimum Gasteiger partial charge on any atom is -0.350 e. The Hall–Kier alpha value is -3.09. The van der Waals surface area contributed by atoms with E-state index < -0.39 is 0 Å². The predicted octanol–water partition coefficient (Wildman–Crippen LogP) is 6.18. The fraction of sp³-hybridized carbons (Fsp3) is 0.222. The van der Waals surface area contributed by atoms with Gasteiger partial charge in [-0.2, -0.15) is 0 Å². The third-order valence-corrected chi connectivity index (χ3v) is 6.78. The molecule has 1 heterocycles. The van der Waals surface area contributed by atoms with Crippen molar-refractivity contribution >= 4 is 40.2 Å². The third-order valence-electron chi connectivity index (χ3n) is 5.52. The molecule has 0 spiro atoms. The van der Waals surface area contributed by atoms with Crippen LogP contribution in [0.15, 0.2) is 88.8 Å². The first-order chi connectivity index (χ1) is 16.5. The summed E-state index contributed by atoms with van der Waals surface area (Å²) in [4.78, 5) is 30.4. The van der Waals surface area contributed by atoms with E-state index in [2.05, 4.69) is 5.32 Å². The SMILES string of the molecule is CC(NC(=O)CCCCSc1nc2ccccc2c(=O)n1-c1cccc(Cl)c1)c1ccccc1. The van der Waals surface area contributed by atoms with Gasteiger partial charge in [-0.25, -0.2) is 4.98 Å². The third kappa shape index (κ3) is 5.88. The highest BCUT2D eigenvalue weighted by molar-refractivity contribution is 7.99. The van der Waals surface area contributed by atoms with E-state index in [1.165, 1.54) is 11.8 Å². The Bertz CT molecular complexity index is 1340. The van der Waals surface area contributed by atoms with Crippen molar-refractivity contribution in [3.8, 4) is 5.69 Å². The fourth-order valence-corrected chi connectivity index (χ4v) is 4.94. The van der Waals surface area contributed by atoms with Crippen LogP contribution >= 0.6 is 23.4 Å². The summed E-state index contributed by atoms with van der Waals surface area (Å²) >= 11 is 7.70. The van der Waals surface area contributed by atoms with Gasteiger partial charge in [0.2, 0.25) is 5.91 Å². The highest BCUT2D eigenvalue weighted by atomic mass is 35.5. The summed E-state index contributed by atoms with van der Waals surface area (Å²) in [6, 6.07) is 24.5. The number of carbonyl (C=O) groups is 1. The van der Waals surface area contributed by atoms with Crippen molar-refractivity contribution in [1.82, 2.24) is 14.9 Å². The molecule has 1 unspecified atom stereocenters. The summed E-state index contributed by atoms with van der Waals surface area (Å²) in [5.41, 5.74) is 2.33. The van der Waals surface area contributed by atoms with Crippen molar-refractivity contribution in [2.45, 2.75) is 37.4 Å². The summed E-state index contributed by atoms with van der Waals surface area (Å²) in [6.07, 6.45) is 2.05. The number of rotatable bonds is 9. The minimum atomic E-state index is -0.121. The Balaban J connectivity index is 1.40. The molecule has 0 aliphatic rings. The Morgan fingerprint density at radius 1 is 1.03 bits per heavy atom. The van der Waals surface area contributed by atoms with Crippen LogP contribution in [0.2, 0.25) is 5.02 Å². The second-order valence-electron chi connectivity index (χ2n) is 8.04. The van der Waals surface area contributed by atoms with E-state index in [0.29, 0.717) is 33.2 Å². The summed E-state index contributed by atoms with van der Waals surface area (Å²) in [7, 11) is 0. The minimum absolute atomic E-state index is 0.0167. The van der Waals surface area contributed by atoms with Crippen molar-refractivity contribution in [3.63, 3.8) is 0 Å². The van der Waals surface area contributed by atoms with Gasteiger partial charge in [-0.1, -0.05) is 71.9 Å². The maximum atomic E-state index is 13.3. The highest BCUT2D eigenvalue weighted by Crippen LogP contribution is 2.24. The van der Waals surface area contributed by atoms with Crippen molar-refractivity contribution in [1.29, 1.82) is 0 Å². The second kappa shape index (κ2) is 11.4. The molecule has 4 aromatic rings. The van der Waals surface area contributed by atoms with Gasteiger partial charge in [0.1, 0.15) is 0 Å². The molecule has 1 aromatic heterocycles. The first-order valence-corrected chi connectivity index (χ1v) is 12.6. The van der Waals surface area contributed by atoms with E-state index in [-0.39, 0.29) is 17.5 Å². The Morgan fingerprint density at radius 2 is 1.79 bits per heavy atom. The molecule has 5 nitrogen and oxygen atoms in total. The number of carbonyl (C=O) groups excluding carboxylic acids is 1. The second-order valence-corrected chi connectivity index (χ2v) is 9.54. The van der Waals surface area contributed by atoms with E-state index in [9.17, 15) is 9.59 Å². The summed E-state index contributed by atoms with van der Waals surface area (Å²) < 4.78 is 1.62. The topological polar surface area (TPSA) is 64.0 Å². The van der Waals surface area contributed by atoms with E-state index >= 15 is 0 Å². The lowest BCUT2D eigenvalue weighted by molar-refractivity contribution is -0.121. The molecule has 0 aliphatic heterocycles. The van der Waals surface area contributed by atoms with Crippen LogP contribution in [0.1, 0.15) is 37.8 Å². The number of thioether (sulfide) groups is 1. The lowest BCUT2D eigenvalue weighted by Gasteiger charge is -2.14. The number of nitrogens with zero attached hydrogens (tertiary/aromatic N) is 2. The molecular weight excluding hydrogens is 466 g/mol. The first-order valence-electron chi connectivity index (χ1n) is 11.3. The van der Waals surface area contributed by atoms with Crippen molar-refractivity contribution in [3.05, 3.63) is 99.8 Å². The zero-order valence-electron chi connectivity index (χ0n) is 18.9. The van der Waals surface area contributed by atoms with Gasteiger partial charge in [0.25, 0.3) is 5.56 Å². The molecule has 0 saturated carbocycles. The Morgan fingerprint density at radius 3 is 2.59 bits per heavy atom. The van der Waals surface area contributed by atoms with Crippen LogP contribution in [0.4, 0.5) is 0 Å². The largest absolute Gasteiger partial charge is 0.350 e. The van der Waals surface area contributed by atoms with Gasteiger partial charge >= 0.3 is 0 Å². The number of amides is 1. The molecule has 3 aromatic carbocycles. The van der Waals surface area contributed by atoms with Crippen LogP contribution in [-0.4, -0.2) is 21.2 Å². The molecule has 0 radical (unpaired) electrons. The van der Waals surface area contributed by atoms with Crippen LogP contribution in [0.5, 0.6) is 0 Å². The molecule has 0 saturated heterocycles. The zero-order valence-corrected chi connectivity index (χ0v) is 20.5. The number of fused-ring (bicyclic) bond motifs is 1. The van der Waals surface area contributed by atoms with E-state index in [1.54, 1.807) is 22.8 Å². The van der Waals surface area contributed by atoms with Crippen molar-refractivity contribution in [2.24, 2.45) is 0 Å². The molecule has 7 heteroatoms. The summed E-state index contributed by atoms with van der Waals surface area (Å²) in [5.74, 6) is 0.786. The molecule has 174 valence electrons.